The Morgan fingerprint density at radius 3 is 3.13 bits per heavy atom. The first-order valence-corrected chi connectivity index (χ1v) is 6.05. The molecular weight excluding hydrogens is 214 g/mol. The predicted molar refractivity (Wildman–Crippen MR) is 56.3 cm³/mol. The van der Waals surface area contributed by atoms with Gasteiger partial charge >= 0.3 is 0 Å². The van der Waals surface area contributed by atoms with E-state index in [9.17, 15) is 0 Å². The summed E-state index contributed by atoms with van der Waals surface area (Å²) in [4.78, 5) is 0. The minimum atomic E-state index is 0.543. The van der Waals surface area contributed by atoms with Crippen LogP contribution in [0.5, 0.6) is 0 Å². The Kier molecular flexibility index (Phi) is 3.93. The summed E-state index contributed by atoms with van der Waals surface area (Å²) in [6.07, 6.45) is 2.63. The maximum atomic E-state index is 5.49. The molecule has 1 aliphatic carbocycles. The van der Waals surface area contributed by atoms with Crippen molar-refractivity contribution in [1.29, 1.82) is 0 Å². The second-order valence-electron chi connectivity index (χ2n) is 3.55. The highest BCUT2D eigenvalue weighted by atomic mass is 32.2. The van der Waals surface area contributed by atoms with Crippen molar-refractivity contribution in [2.45, 2.75) is 24.5 Å². The van der Waals surface area contributed by atoms with E-state index in [2.05, 4.69) is 15.5 Å². The molecule has 1 aromatic heterocycles. The van der Waals surface area contributed by atoms with Crippen LogP contribution in [-0.4, -0.2) is 39.3 Å². The van der Waals surface area contributed by atoms with E-state index in [0.717, 1.165) is 17.7 Å². The first-order chi connectivity index (χ1) is 7.40. The molecule has 1 saturated carbocycles. The zero-order valence-corrected chi connectivity index (χ0v) is 9.32. The van der Waals surface area contributed by atoms with Gasteiger partial charge in [-0.3, -0.25) is 0 Å². The molecule has 0 unspecified atom stereocenters. The van der Waals surface area contributed by atoms with Crippen LogP contribution in [0.3, 0.4) is 0 Å². The largest absolute Gasteiger partial charge is 0.370 e. The van der Waals surface area contributed by atoms with E-state index in [1.165, 1.54) is 24.6 Å². The highest BCUT2D eigenvalue weighted by molar-refractivity contribution is 7.99. The number of ether oxygens (including phenoxy) is 1. The number of nitrogens with two attached hydrogens (primary N) is 1. The summed E-state index contributed by atoms with van der Waals surface area (Å²) < 4.78 is 7.19. The Balaban J connectivity index is 1.68. The molecule has 1 fully saturated rings. The summed E-state index contributed by atoms with van der Waals surface area (Å²) in [7, 11) is 0. The van der Waals surface area contributed by atoms with Gasteiger partial charge in [-0.15, -0.1) is 5.10 Å². The predicted octanol–water partition coefficient (Wildman–Crippen LogP) is 0.108. The van der Waals surface area contributed by atoms with Gasteiger partial charge in [-0.2, -0.15) is 0 Å². The van der Waals surface area contributed by atoms with Crippen LogP contribution in [0.15, 0.2) is 5.16 Å². The van der Waals surface area contributed by atoms with Crippen molar-refractivity contribution in [1.82, 2.24) is 20.2 Å². The van der Waals surface area contributed by atoms with E-state index in [-0.39, 0.29) is 0 Å². The molecule has 84 valence electrons. The summed E-state index contributed by atoms with van der Waals surface area (Å²) in [6.45, 7) is 2.06. The molecule has 0 radical (unpaired) electrons. The van der Waals surface area contributed by atoms with Gasteiger partial charge in [0.2, 0.25) is 5.16 Å². The smallest absolute Gasteiger partial charge is 0.211 e. The van der Waals surface area contributed by atoms with Gasteiger partial charge < -0.3 is 10.5 Å². The number of hydrogen-bond acceptors (Lipinski definition) is 6. The van der Waals surface area contributed by atoms with Gasteiger partial charge in [-0.1, -0.05) is 11.8 Å². The molecule has 0 atom stereocenters. The Morgan fingerprint density at radius 1 is 1.53 bits per heavy atom. The first kappa shape index (κ1) is 10.8. The second kappa shape index (κ2) is 5.43. The summed E-state index contributed by atoms with van der Waals surface area (Å²) in [5, 5.41) is 12.1. The molecule has 6 nitrogen and oxygen atoms in total. The summed E-state index contributed by atoms with van der Waals surface area (Å²) in [6, 6.07) is 0. The standard InChI is InChI=1S/C8H15N5OS/c9-3-4-13-8(10-11-12-13)15-6-14-5-7-1-2-7/h7H,1-6,9H2. The number of nitrogens with zero attached hydrogens (tertiary/aromatic N) is 4. The van der Waals surface area contributed by atoms with Crippen molar-refractivity contribution >= 4 is 11.8 Å². The minimum absolute atomic E-state index is 0.543. The molecule has 0 aliphatic heterocycles. The lowest BCUT2D eigenvalue weighted by molar-refractivity contribution is 0.170. The number of aromatic nitrogens is 4. The van der Waals surface area contributed by atoms with Gasteiger partial charge in [0.1, 0.15) is 0 Å². The number of hydrogen-bond donors (Lipinski definition) is 1. The normalized spacial score (nSPS) is 15.8. The van der Waals surface area contributed by atoms with Gasteiger partial charge in [0.15, 0.2) is 0 Å². The van der Waals surface area contributed by atoms with Crippen LogP contribution in [0.1, 0.15) is 12.8 Å². The molecule has 0 amide bonds. The lowest BCUT2D eigenvalue weighted by Gasteiger charge is -2.03. The summed E-state index contributed by atoms with van der Waals surface area (Å²) in [5.41, 5.74) is 5.43. The second-order valence-corrected chi connectivity index (χ2v) is 4.44. The van der Waals surface area contributed by atoms with Gasteiger partial charge in [-0.25, -0.2) is 4.68 Å². The van der Waals surface area contributed by atoms with Crippen LogP contribution >= 0.6 is 11.8 Å². The fraction of sp³-hybridized carbons (Fsp3) is 0.875. The molecule has 1 aliphatic rings. The SMILES string of the molecule is NCCn1nnnc1SCOCC1CC1. The quantitative estimate of drug-likeness (QED) is 0.406. The first-order valence-electron chi connectivity index (χ1n) is 5.07. The van der Waals surface area contributed by atoms with Crippen molar-refractivity contribution in [3.63, 3.8) is 0 Å². The fourth-order valence-electron chi connectivity index (χ4n) is 1.16. The molecule has 15 heavy (non-hydrogen) atoms. The average molecular weight is 229 g/mol. The van der Waals surface area contributed by atoms with Crippen LogP contribution in [0.4, 0.5) is 0 Å². The molecule has 1 aromatic rings. The average Bonchev–Trinajstić information content (AvgIpc) is 2.96. The van der Waals surface area contributed by atoms with Crippen LogP contribution in [-0.2, 0) is 11.3 Å². The van der Waals surface area contributed by atoms with E-state index in [4.69, 9.17) is 10.5 Å². The number of thioether (sulfide) groups is 1. The van der Waals surface area contributed by atoms with Crippen LogP contribution in [0.25, 0.3) is 0 Å². The van der Waals surface area contributed by atoms with E-state index in [1.807, 2.05) is 0 Å². The minimum Gasteiger partial charge on any atom is -0.370 e. The molecular formula is C8H15N5OS. The zero-order valence-electron chi connectivity index (χ0n) is 8.50. The highest BCUT2D eigenvalue weighted by Crippen LogP contribution is 2.29. The molecule has 0 aromatic carbocycles. The third-order valence-corrected chi connectivity index (χ3v) is 3.00. The maximum Gasteiger partial charge on any atom is 0.211 e. The lowest BCUT2D eigenvalue weighted by Crippen LogP contribution is -2.12. The van der Waals surface area contributed by atoms with Gasteiger partial charge in [0, 0.05) is 6.54 Å². The molecule has 7 heteroatoms. The molecule has 0 spiro atoms. The Bertz CT molecular complexity index is 301. The van der Waals surface area contributed by atoms with Crippen LogP contribution < -0.4 is 5.73 Å². The summed E-state index contributed by atoms with van der Waals surface area (Å²) in [5.74, 6) is 1.41. The molecule has 0 bridgehead atoms. The number of tetrazole rings is 1. The Labute approximate surface area is 92.5 Å². The third-order valence-electron chi connectivity index (χ3n) is 2.16. The van der Waals surface area contributed by atoms with Crippen LogP contribution in [0.2, 0.25) is 0 Å². The molecule has 0 saturated heterocycles. The van der Waals surface area contributed by atoms with Crippen molar-refractivity contribution in [2.75, 3.05) is 19.1 Å². The Morgan fingerprint density at radius 2 is 2.40 bits per heavy atom. The van der Waals surface area contributed by atoms with Crippen molar-refractivity contribution in [2.24, 2.45) is 11.7 Å². The third kappa shape index (κ3) is 3.44. The zero-order chi connectivity index (χ0) is 10.5. The van der Waals surface area contributed by atoms with E-state index in [0.29, 0.717) is 19.0 Å². The molecule has 2 N–H and O–H groups in total. The topological polar surface area (TPSA) is 78.9 Å². The lowest BCUT2D eigenvalue weighted by atomic mass is 10.5. The number of rotatable bonds is 7. The molecule has 2 rings (SSSR count). The highest BCUT2D eigenvalue weighted by Gasteiger charge is 2.21. The van der Waals surface area contributed by atoms with Crippen molar-refractivity contribution in [3.8, 4) is 0 Å². The Hall–Kier alpha value is -0.660. The van der Waals surface area contributed by atoms with E-state index < -0.39 is 0 Å². The van der Waals surface area contributed by atoms with Crippen molar-refractivity contribution in [3.05, 3.63) is 0 Å². The summed E-state index contributed by atoms with van der Waals surface area (Å²) >= 11 is 1.51. The maximum absolute atomic E-state index is 5.49. The molecule has 1 heterocycles. The van der Waals surface area contributed by atoms with Gasteiger partial charge in [-0.05, 0) is 29.2 Å². The fourth-order valence-corrected chi connectivity index (χ4v) is 1.81. The van der Waals surface area contributed by atoms with E-state index >= 15 is 0 Å². The monoisotopic (exact) mass is 229 g/mol. The van der Waals surface area contributed by atoms with Gasteiger partial charge in [0.25, 0.3) is 0 Å². The van der Waals surface area contributed by atoms with Crippen molar-refractivity contribution < 1.29 is 4.74 Å². The van der Waals surface area contributed by atoms with Crippen LogP contribution in [0, 0.1) is 5.92 Å². The van der Waals surface area contributed by atoms with Gasteiger partial charge in [0.05, 0.1) is 19.1 Å². The van der Waals surface area contributed by atoms with E-state index in [1.54, 1.807) is 4.68 Å².